The van der Waals surface area contributed by atoms with E-state index in [1.165, 1.54) is 0 Å². The molecule has 112 valence electrons. The first-order chi connectivity index (χ1) is 9.41. The Morgan fingerprint density at radius 2 is 1.80 bits per heavy atom. The highest BCUT2D eigenvalue weighted by molar-refractivity contribution is 5.44. The lowest BCUT2D eigenvalue weighted by molar-refractivity contribution is -0.00793. The van der Waals surface area contributed by atoms with Crippen molar-refractivity contribution >= 4 is 0 Å². The number of hydrogen-bond donors (Lipinski definition) is 4. The number of phenolic OH excluding ortho intramolecular Hbond substituents is 2. The Balaban J connectivity index is 1.97. The lowest BCUT2D eigenvalue weighted by Crippen LogP contribution is -2.44. The van der Waals surface area contributed by atoms with E-state index < -0.39 is 5.60 Å². The van der Waals surface area contributed by atoms with Gasteiger partial charge in [-0.25, -0.2) is 0 Å². The first kappa shape index (κ1) is 15.1. The molecule has 1 aliphatic rings. The van der Waals surface area contributed by atoms with E-state index in [9.17, 15) is 15.3 Å². The zero-order valence-electron chi connectivity index (χ0n) is 12.3. The molecule has 0 heterocycles. The van der Waals surface area contributed by atoms with Gasteiger partial charge in [-0.05, 0) is 50.7 Å². The maximum absolute atomic E-state index is 10.5. The van der Waals surface area contributed by atoms with E-state index in [1.54, 1.807) is 18.2 Å². The van der Waals surface area contributed by atoms with Gasteiger partial charge in [0.05, 0.1) is 11.2 Å². The van der Waals surface area contributed by atoms with Gasteiger partial charge in [0, 0.05) is 12.6 Å². The van der Waals surface area contributed by atoms with Crippen LogP contribution in [0.3, 0.4) is 0 Å². The van der Waals surface area contributed by atoms with Crippen LogP contribution in [0.2, 0.25) is 0 Å². The first-order valence-corrected chi connectivity index (χ1v) is 7.38. The Labute approximate surface area is 120 Å². The third-order valence-corrected chi connectivity index (χ3v) is 4.44. The molecular weight excluding hydrogens is 254 g/mol. The molecule has 0 saturated heterocycles. The third-order valence-electron chi connectivity index (χ3n) is 4.44. The number of rotatable bonds is 4. The molecule has 0 bridgehead atoms. The zero-order valence-corrected chi connectivity index (χ0v) is 12.3. The van der Waals surface area contributed by atoms with Crippen molar-refractivity contribution in [2.24, 2.45) is 5.92 Å². The molecule has 0 aliphatic heterocycles. The standard InChI is InChI=1S/C16H25NO3/c1-11-6-8-16(20,9-7-11)10-17-12(2)15-13(18)4-3-5-14(15)19/h3-5,11-12,17-20H,6-10H2,1-2H3. The van der Waals surface area contributed by atoms with Gasteiger partial charge in [-0.1, -0.05) is 13.0 Å². The number of aliphatic hydroxyl groups is 1. The fourth-order valence-electron chi connectivity index (χ4n) is 2.91. The molecule has 1 aromatic carbocycles. The Kier molecular flexibility index (Phi) is 4.55. The van der Waals surface area contributed by atoms with Crippen LogP contribution < -0.4 is 5.32 Å². The van der Waals surface area contributed by atoms with E-state index in [-0.39, 0.29) is 17.5 Å². The maximum Gasteiger partial charge on any atom is 0.124 e. The number of nitrogens with one attached hydrogen (secondary N) is 1. The van der Waals surface area contributed by atoms with E-state index >= 15 is 0 Å². The van der Waals surface area contributed by atoms with Crippen molar-refractivity contribution in [1.82, 2.24) is 5.32 Å². The highest BCUT2D eigenvalue weighted by atomic mass is 16.3. The van der Waals surface area contributed by atoms with Crippen LogP contribution in [-0.2, 0) is 0 Å². The maximum atomic E-state index is 10.5. The SMILES string of the molecule is CC1CCC(O)(CNC(C)c2c(O)cccc2O)CC1. The zero-order chi connectivity index (χ0) is 14.8. The Bertz CT molecular complexity index is 433. The van der Waals surface area contributed by atoms with Gasteiger partial charge in [-0.3, -0.25) is 0 Å². The summed E-state index contributed by atoms with van der Waals surface area (Å²) >= 11 is 0. The molecule has 0 aromatic heterocycles. The Morgan fingerprint density at radius 3 is 2.35 bits per heavy atom. The van der Waals surface area contributed by atoms with Crippen LogP contribution in [0.5, 0.6) is 11.5 Å². The summed E-state index contributed by atoms with van der Waals surface area (Å²) in [6.07, 6.45) is 3.71. The summed E-state index contributed by atoms with van der Waals surface area (Å²) in [5.74, 6) is 0.846. The van der Waals surface area contributed by atoms with Gasteiger partial charge in [0.15, 0.2) is 0 Å². The number of hydrogen-bond acceptors (Lipinski definition) is 4. The molecule has 1 saturated carbocycles. The van der Waals surface area contributed by atoms with Crippen molar-refractivity contribution in [1.29, 1.82) is 0 Å². The molecule has 0 amide bonds. The topological polar surface area (TPSA) is 72.7 Å². The van der Waals surface area contributed by atoms with Gasteiger partial charge in [-0.2, -0.15) is 0 Å². The van der Waals surface area contributed by atoms with E-state index in [0.717, 1.165) is 25.7 Å². The average Bonchev–Trinajstić information content (AvgIpc) is 2.40. The summed E-state index contributed by atoms with van der Waals surface area (Å²) in [6, 6.07) is 4.52. The molecule has 1 aliphatic carbocycles. The largest absolute Gasteiger partial charge is 0.507 e. The molecular formula is C16H25NO3. The smallest absolute Gasteiger partial charge is 0.124 e. The molecule has 4 N–H and O–H groups in total. The minimum absolute atomic E-state index is 0.0780. The molecule has 1 aromatic rings. The molecule has 0 radical (unpaired) electrons. The summed E-state index contributed by atoms with van der Waals surface area (Å²) in [5, 5.41) is 33.4. The van der Waals surface area contributed by atoms with Gasteiger partial charge in [-0.15, -0.1) is 0 Å². The van der Waals surface area contributed by atoms with E-state index in [1.807, 2.05) is 6.92 Å². The summed E-state index contributed by atoms with van der Waals surface area (Å²) in [6.45, 7) is 4.58. The van der Waals surface area contributed by atoms with Crippen LogP contribution in [0, 0.1) is 5.92 Å². The highest BCUT2D eigenvalue weighted by Gasteiger charge is 2.32. The van der Waals surface area contributed by atoms with Crippen LogP contribution in [0.1, 0.15) is 51.1 Å². The number of phenols is 2. The van der Waals surface area contributed by atoms with Gasteiger partial charge < -0.3 is 20.6 Å². The van der Waals surface area contributed by atoms with Crippen molar-refractivity contribution in [3.05, 3.63) is 23.8 Å². The Hall–Kier alpha value is -1.26. The second-order valence-corrected chi connectivity index (χ2v) is 6.22. The molecule has 1 unspecified atom stereocenters. The predicted octanol–water partition coefficient (Wildman–Crippen LogP) is 2.69. The highest BCUT2D eigenvalue weighted by Crippen LogP contribution is 2.34. The minimum Gasteiger partial charge on any atom is -0.507 e. The van der Waals surface area contributed by atoms with Crippen LogP contribution in [0.25, 0.3) is 0 Å². The van der Waals surface area contributed by atoms with Crippen LogP contribution in [0.4, 0.5) is 0 Å². The van der Waals surface area contributed by atoms with Crippen molar-refractivity contribution in [2.45, 2.75) is 51.2 Å². The number of benzene rings is 1. The van der Waals surface area contributed by atoms with E-state index in [4.69, 9.17) is 0 Å². The third kappa shape index (κ3) is 3.44. The molecule has 1 fully saturated rings. The molecule has 4 nitrogen and oxygen atoms in total. The normalized spacial score (nSPS) is 28.2. The monoisotopic (exact) mass is 279 g/mol. The molecule has 0 spiro atoms. The molecule has 2 rings (SSSR count). The van der Waals surface area contributed by atoms with Gasteiger partial charge in [0.25, 0.3) is 0 Å². The minimum atomic E-state index is -0.666. The fraction of sp³-hybridized carbons (Fsp3) is 0.625. The van der Waals surface area contributed by atoms with Crippen LogP contribution >= 0.6 is 0 Å². The Morgan fingerprint density at radius 1 is 1.25 bits per heavy atom. The van der Waals surface area contributed by atoms with Crippen LogP contribution in [-0.4, -0.2) is 27.5 Å². The second kappa shape index (κ2) is 6.02. The average molecular weight is 279 g/mol. The van der Waals surface area contributed by atoms with E-state index in [2.05, 4.69) is 12.2 Å². The van der Waals surface area contributed by atoms with Crippen molar-refractivity contribution in [3.8, 4) is 11.5 Å². The summed E-state index contributed by atoms with van der Waals surface area (Å²) in [4.78, 5) is 0. The van der Waals surface area contributed by atoms with Crippen molar-refractivity contribution in [2.75, 3.05) is 6.54 Å². The second-order valence-electron chi connectivity index (χ2n) is 6.22. The van der Waals surface area contributed by atoms with Gasteiger partial charge in [0.1, 0.15) is 11.5 Å². The molecule has 4 heteroatoms. The van der Waals surface area contributed by atoms with Gasteiger partial charge >= 0.3 is 0 Å². The summed E-state index contributed by atoms with van der Waals surface area (Å²) in [5.41, 5.74) is -0.180. The first-order valence-electron chi connectivity index (χ1n) is 7.38. The quantitative estimate of drug-likeness (QED) is 0.684. The van der Waals surface area contributed by atoms with Crippen molar-refractivity contribution in [3.63, 3.8) is 0 Å². The molecule has 1 atom stereocenters. The summed E-state index contributed by atoms with van der Waals surface area (Å²) < 4.78 is 0. The fourth-order valence-corrected chi connectivity index (χ4v) is 2.91. The van der Waals surface area contributed by atoms with Crippen LogP contribution in [0.15, 0.2) is 18.2 Å². The number of aromatic hydroxyl groups is 2. The lowest BCUT2D eigenvalue weighted by Gasteiger charge is -2.36. The lowest BCUT2D eigenvalue weighted by atomic mass is 9.79. The van der Waals surface area contributed by atoms with Crippen molar-refractivity contribution < 1.29 is 15.3 Å². The predicted molar refractivity (Wildman–Crippen MR) is 78.8 cm³/mol. The van der Waals surface area contributed by atoms with Gasteiger partial charge in [0.2, 0.25) is 0 Å². The molecule has 20 heavy (non-hydrogen) atoms. The van der Waals surface area contributed by atoms with E-state index in [0.29, 0.717) is 18.0 Å². The summed E-state index contributed by atoms with van der Waals surface area (Å²) in [7, 11) is 0.